The first kappa shape index (κ1) is 13.3. The molecular formula is C14H17N3O2. The molecule has 0 bridgehead atoms. The molecule has 0 atom stereocenters. The number of aromatic carboxylic acids is 1. The van der Waals surface area contributed by atoms with E-state index in [0.717, 1.165) is 18.4 Å². The molecule has 2 aromatic rings. The molecule has 1 aromatic carbocycles. The number of hydrogen-bond acceptors (Lipinski definition) is 3. The number of rotatable bonds is 5. The second-order valence-corrected chi connectivity index (χ2v) is 4.37. The van der Waals surface area contributed by atoms with E-state index in [2.05, 4.69) is 24.2 Å². The number of carbonyl (C=O) groups is 1. The summed E-state index contributed by atoms with van der Waals surface area (Å²) in [5, 5.41) is 17.1. The average molecular weight is 259 g/mol. The number of carboxylic acids is 1. The van der Waals surface area contributed by atoms with Gasteiger partial charge in [0.15, 0.2) is 5.69 Å². The number of nitrogens with zero attached hydrogens (tertiary/aromatic N) is 3. The second-order valence-electron chi connectivity index (χ2n) is 4.37. The van der Waals surface area contributed by atoms with Crippen LogP contribution in [0.1, 0.15) is 43.2 Å². The first-order valence-electron chi connectivity index (χ1n) is 6.42. The third-order valence-corrected chi connectivity index (χ3v) is 3.23. The van der Waals surface area contributed by atoms with Gasteiger partial charge in [-0.3, -0.25) is 0 Å². The highest BCUT2D eigenvalue weighted by Gasteiger charge is 2.23. The van der Waals surface area contributed by atoms with Gasteiger partial charge in [-0.1, -0.05) is 49.4 Å². The Morgan fingerprint density at radius 3 is 2.42 bits per heavy atom. The normalized spacial score (nSPS) is 10.9. The monoisotopic (exact) mass is 259 g/mol. The highest BCUT2D eigenvalue weighted by Crippen LogP contribution is 2.27. The van der Waals surface area contributed by atoms with Crippen molar-refractivity contribution in [1.82, 2.24) is 15.0 Å². The summed E-state index contributed by atoms with van der Waals surface area (Å²) in [6.45, 7) is 4.12. The van der Waals surface area contributed by atoms with E-state index in [0.29, 0.717) is 5.69 Å². The topological polar surface area (TPSA) is 68.0 Å². The minimum Gasteiger partial charge on any atom is -0.476 e. The van der Waals surface area contributed by atoms with Crippen molar-refractivity contribution in [3.8, 4) is 11.3 Å². The van der Waals surface area contributed by atoms with E-state index in [4.69, 9.17) is 0 Å². The van der Waals surface area contributed by atoms with E-state index in [1.165, 1.54) is 0 Å². The van der Waals surface area contributed by atoms with Gasteiger partial charge in [-0.2, -0.15) is 0 Å². The summed E-state index contributed by atoms with van der Waals surface area (Å²) in [5.41, 5.74) is 1.43. The Hall–Kier alpha value is -2.17. The zero-order valence-electron chi connectivity index (χ0n) is 11.1. The number of hydrogen-bond donors (Lipinski definition) is 1. The highest BCUT2D eigenvalue weighted by molar-refractivity contribution is 5.92. The van der Waals surface area contributed by atoms with Crippen molar-refractivity contribution in [2.45, 2.75) is 32.7 Å². The molecule has 0 aliphatic carbocycles. The third-order valence-electron chi connectivity index (χ3n) is 3.23. The van der Waals surface area contributed by atoms with E-state index in [1.807, 2.05) is 30.3 Å². The molecule has 0 unspecified atom stereocenters. The van der Waals surface area contributed by atoms with Crippen LogP contribution in [0.3, 0.4) is 0 Å². The van der Waals surface area contributed by atoms with E-state index in [-0.39, 0.29) is 11.7 Å². The van der Waals surface area contributed by atoms with Crippen LogP contribution in [-0.4, -0.2) is 26.1 Å². The summed E-state index contributed by atoms with van der Waals surface area (Å²) >= 11 is 0. The second kappa shape index (κ2) is 5.65. The van der Waals surface area contributed by atoms with Crippen LogP contribution in [0, 0.1) is 0 Å². The molecule has 100 valence electrons. The number of benzene rings is 1. The van der Waals surface area contributed by atoms with Gasteiger partial charge in [-0.05, 0) is 12.8 Å². The molecule has 0 saturated carbocycles. The van der Waals surface area contributed by atoms with Crippen LogP contribution in [0.5, 0.6) is 0 Å². The van der Waals surface area contributed by atoms with Gasteiger partial charge in [0.05, 0.1) is 6.04 Å². The summed E-state index contributed by atoms with van der Waals surface area (Å²) in [6.07, 6.45) is 1.78. The summed E-state index contributed by atoms with van der Waals surface area (Å²) in [6, 6.07) is 9.58. The van der Waals surface area contributed by atoms with Gasteiger partial charge >= 0.3 is 5.97 Å². The Bertz CT molecular complexity index is 559. The number of aromatic nitrogens is 3. The van der Waals surface area contributed by atoms with E-state index >= 15 is 0 Å². The SMILES string of the molecule is CCC(CC)n1nnc(C(=O)O)c1-c1ccccc1. The molecule has 0 saturated heterocycles. The molecule has 0 radical (unpaired) electrons. The first-order valence-corrected chi connectivity index (χ1v) is 6.42. The van der Waals surface area contributed by atoms with Gasteiger partial charge < -0.3 is 5.11 Å². The molecule has 2 rings (SSSR count). The predicted molar refractivity (Wildman–Crippen MR) is 72.0 cm³/mol. The molecule has 0 aliphatic heterocycles. The molecule has 0 aliphatic rings. The van der Waals surface area contributed by atoms with Crippen molar-refractivity contribution >= 4 is 5.97 Å². The quantitative estimate of drug-likeness (QED) is 0.896. The fourth-order valence-corrected chi connectivity index (χ4v) is 2.19. The average Bonchev–Trinajstić information content (AvgIpc) is 2.86. The summed E-state index contributed by atoms with van der Waals surface area (Å²) < 4.78 is 1.73. The lowest BCUT2D eigenvalue weighted by atomic mass is 10.1. The lowest BCUT2D eigenvalue weighted by molar-refractivity contribution is 0.0691. The Labute approximate surface area is 111 Å². The molecule has 1 N–H and O–H groups in total. The van der Waals surface area contributed by atoms with Gasteiger partial charge in [0.1, 0.15) is 5.69 Å². The molecule has 5 heteroatoms. The van der Waals surface area contributed by atoms with Crippen LogP contribution in [0.4, 0.5) is 0 Å². The van der Waals surface area contributed by atoms with Crippen molar-refractivity contribution in [2.24, 2.45) is 0 Å². The predicted octanol–water partition coefficient (Wildman–Crippen LogP) is 3.00. The van der Waals surface area contributed by atoms with Gasteiger partial charge in [-0.25, -0.2) is 9.48 Å². The van der Waals surface area contributed by atoms with Gasteiger partial charge in [-0.15, -0.1) is 5.10 Å². The van der Waals surface area contributed by atoms with Crippen LogP contribution in [0.15, 0.2) is 30.3 Å². The maximum Gasteiger partial charge on any atom is 0.358 e. The number of carboxylic acid groups (broad SMARTS) is 1. The Morgan fingerprint density at radius 1 is 1.26 bits per heavy atom. The van der Waals surface area contributed by atoms with Crippen molar-refractivity contribution in [1.29, 1.82) is 0 Å². The largest absolute Gasteiger partial charge is 0.476 e. The maximum atomic E-state index is 11.3. The van der Waals surface area contributed by atoms with Crippen molar-refractivity contribution in [2.75, 3.05) is 0 Å². The van der Waals surface area contributed by atoms with Crippen LogP contribution < -0.4 is 0 Å². The zero-order valence-corrected chi connectivity index (χ0v) is 11.1. The third kappa shape index (κ3) is 2.50. The molecule has 1 aromatic heterocycles. The molecule has 0 fully saturated rings. The summed E-state index contributed by atoms with van der Waals surface area (Å²) in [4.78, 5) is 11.3. The van der Waals surface area contributed by atoms with E-state index < -0.39 is 5.97 Å². The van der Waals surface area contributed by atoms with Gasteiger partial charge in [0.2, 0.25) is 0 Å². The molecular weight excluding hydrogens is 242 g/mol. The molecule has 0 amide bonds. The lowest BCUT2D eigenvalue weighted by Crippen LogP contribution is -2.11. The molecule has 0 spiro atoms. The summed E-state index contributed by atoms with van der Waals surface area (Å²) in [7, 11) is 0. The van der Waals surface area contributed by atoms with Gasteiger partial charge in [0.25, 0.3) is 0 Å². The smallest absolute Gasteiger partial charge is 0.358 e. The van der Waals surface area contributed by atoms with E-state index in [9.17, 15) is 9.90 Å². The summed E-state index contributed by atoms with van der Waals surface area (Å²) in [5.74, 6) is -1.05. The first-order chi connectivity index (χ1) is 9.19. The zero-order chi connectivity index (χ0) is 13.8. The van der Waals surface area contributed by atoms with Crippen LogP contribution in [0.2, 0.25) is 0 Å². The highest BCUT2D eigenvalue weighted by atomic mass is 16.4. The fourth-order valence-electron chi connectivity index (χ4n) is 2.19. The molecule has 5 nitrogen and oxygen atoms in total. The maximum absolute atomic E-state index is 11.3. The van der Waals surface area contributed by atoms with Crippen molar-refractivity contribution in [3.63, 3.8) is 0 Å². The Balaban J connectivity index is 2.61. The Kier molecular flexibility index (Phi) is 3.94. The minimum atomic E-state index is -1.05. The standard InChI is InChI=1S/C14H17N3O2/c1-3-11(4-2)17-13(10-8-6-5-7-9-10)12(14(18)19)15-16-17/h5-9,11H,3-4H2,1-2H3,(H,18,19). The molecule has 1 heterocycles. The van der Waals surface area contributed by atoms with E-state index in [1.54, 1.807) is 4.68 Å². The van der Waals surface area contributed by atoms with Gasteiger partial charge in [0, 0.05) is 5.56 Å². The minimum absolute atomic E-state index is 0.0121. The lowest BCUT2D eigenvalue weighted by Gasteiger charge is -2.15. The Morgan fingerprint density at radius 2 is 1.89 bits per heavy atom. The fraction of sp³-hybridized carbons (Fsp3) is 0.357. The molecule has 19 heavy (non-hydrogen) atoms. The van der Waals surface area contributed by atoms with Crippen LogP contribution in [0.25, 0.3) is 11.3 Å². The van der Waals surface area contributed by atoms with Crippen molar-refractivity contribution < 1.29 is 9.90 Å². The van der Waals surface area contributed by atoms with Crippen LogP contribution >= 0.6 is 0 Å². The van der Waals surface area contributed by atoms with Crippen molar-refractivity contribution in [3.05, 3.63) is 36.0 Å². The van der Waals surface area contributed by atoms with Crippen LogP contribution in [-0.2, 0) is 0 Å².